The molecule has 1 heterocycles. The quantitative estimate of drug-likeness (QED) is 0.892. The number of nitrogens with zero attached hydrogens (tertiary/aromatic N) is 1. The van der Waals surface area contributed by atoms with Crippen LogP contribution in [0.5, 0.6) is 0 Å². The molecule has 1 aromatic carbocycles. The van der Waals surface area contributed by atoms with E-state index >= 15 is 0 Å². The van der Waals surface area contributed by atoms with Crippen molar-refractivity contribution in [1.29, 1.82) is 0 Å². The predicted molar refractivity (Wildman–Crippen MR) is 73.0 cm³/mol. The summed E-state index contributed by atoms with van der Waals surface area (Å²) in [6, 6.07) is 8.29. The Bertz CT molecular complexity index is 454. The number of carbonyl (C=O) groups is 1. The lowest BCUT2D eigenvalue weighted by Gasteiger charge is -2.37. The van der Waals surface area contributed by atoms with Crippen LogP contribution in [-0.4, -0.2) is 23.2 Å². The SMILES string of the molecule is CCc1ccccc1N1CCC(C(=O)O)C1(C)C. The van der Waals surface area contributed by atoms with Gasteiger partial charge < -0.3 is 10.0 Å². The van der Waals surface area contributed by atoms with Crippen LogP contribution in [0, 0.1) is 5.92 Å². The third-order valence-electron chi connectivity index (χ3n) is 4.15. The fourth-order valence-electron chi connectivity index (χ4n) is 3.02. The molecule has 0 aromatic heterocycles. The number of benzene rings is 1. The fraction of sp³-hybridized carbons (Fsp3) is 0.533. The van der Waals surface area contributed by atoms with Crippen LogP contribution in [-0.2, 0) is 11.2 Å². The first kappa shape index (κ1) is 12.9. The number of hydrogen-bond donors (Lipinski definition) is 1. The first-order valence-electron chi connectivity index (χ1n) is 6.56. The second-order valence-electron chi connectivity index (χ2n) is 5.47. The van der Waals surface area contributed by atoms with E-state index in [0.717, 1.165) is 19.4 Å². The summed E-state index contributed by atoms with van der Waals surface area (Å²) < 4.78 is 0. The van der Waals surface area contributed by atoms with Crippen molar-refractivity contribution >= 4 is 11.7 Å². The van der Waals surface area contributed by atoms with Gasteiger partial charge in [0.1, 0.15) is 0 Å². The second-order valence-corrected chi connectivity index (χ2v) is 5.47. The van der Waals surface area contributed by atoms with Crippen molar-refractivity contribution in [2.75, 3.05) is 11.4 Å². The molecule has 1 saturated heterocycles. The highest BCUT2D eigenvalue weighted by Gasteiger charge is 2.45. The number of aliphatic carboxylic acids is 1. The normalized spacial score (nSPS) is 22.2. The Morgan fingerprint density at radius 1 is 1.44 bits per heavy atom. The molecule has 1 atom stereocenters. The predicted octanol–water partition coefficient (Wildman–Crippen LogP) is 2.94. The average molecular weight is 247 g/mol. The molecule has 2 rings (SSSR count). The zero-order valence-corrected chi connectivity index (χ0v) is 11.3. The van der Waals surface area contributed by atoms with E-state index in [2.05, 4.69) is 24.0 Å². The minimum Gasteiger partial charge on any atom is -0.481 e. The molecule has 98 valence electrons. The Kier molecular flexibility index (Phi) is 3.33. The number of carboxylic acid groups (broad SMARTS) is 1. The van der Waals surface area contributed by atoms with Crippen LogP contribution >= 0.6 is 0 Å². The summed E-state index contributed by atoms with van der Waals surface area (Å²) >= 11 is 0. The molecule has 1 unspecified atom stereocenters. The number of para-hydroxylation sites is 1. The van der Waals surface area contributed by atoms with Crippen molar-refractivity contribution < 1.29 is 9.90 Å². The number of hydrogen-bond acceptors (Lipinski definition) is 2. The van der Waals surface area contributed by atoms with Gasteiger partial charge in [-0.25, -0.2) is 0 Å². The van der Waals surface area contributed by atoms with Crippen molar-refractivity contribution in [1.82, 2.24) is 0 Å². The maximum atomic E-state index is 11.3. The van der Waals surface area contributed by atoms with Crippen molar-refractivity contribution in [3.63, 3.8) is 0 Å². The maximum Gasteiger partial charge on any atom is 0.308 e. The summed E-state index contributed by atoms with van der Waals surface area (Å²) in [6.07, 6.45) is 1.70. The third kappa shape index (κ3) is 1.98. The minimum atomic E-state index is -0.684. The molecule has 3 heteroatoms. The molecule has 0 amide bonds. The van der Waals surface area contributed by atoms with Gasteiger partial charge in [0.25, 0.3) is 0 Å². The Balaban J connectivity index is 2.38. The summed E-state index contributed by atoms with van der Waals surface area (Å²) in [5, 5.41) is 9.31. The molecule has 0 spiro atoms. The van der Waals surface area contributed by atoms with Gasteiger partial charge in [-0.05, 0) is 38.3 Å². The number of rotatable bonds is 3. The summed E-state index contributed by atoms with van der Waals surface area (Å²) in [6.45, 7) is 7.02. The number of anilines is 1. The van der Waals surface area contributed by atoms with Crippen LogP contribution in [0.4, 0.5) is 5.69 Å². The van der Waals surface area contributed by atoms with Gasteiger partial charge in [-0.2, -0.15) is 0 Å². The van der Waals surface area contributed by atoms with Gasteiger partial charge in [0, 0.05) is 17.8 Å². The van der Waals surface area contributed by atoms with Crippen LogP contribution in [0.15, 0.2) is 24.3 Å². The van der Waals surface area contributed by atoms with E-state index in [9.17, 15) is 9.90 Å². The summed E-state index contributed by atoms with van der Waals surface area (Å²) in [7, 11) is 0. The highest BCUT2D eigenvalue weighted by atomic mass is 16.4. The van der Waals surface area contributed by atoms with Gasteiger partial charge in [0.15, 0.2) is 0 Å². The molecule has 1 aromatic rings. The van der Waals surface area contributed by atoms with E-state index in [4.69, 9.17) is 0 Å². The van der Waals surface area contributed by atoms with Gasteiger partial charge in [-0.1, -0.05) is 25.1 Å². The first-order chi connectivity index (χ1) is 8.48. The first-order valence-corrected chi connectivity index (χ1v) is 6.56. The van der Waals surface area contributed by atoms with Crippen LogP contribution in [0.25, 0.3) is 0 Å². The van der Waals surface area contributed by atoms with Gasteiger partial charge in [0.2, 0.25) is 0 Å². The molecule has 3 nitrogen and oxygen atoms in total. The zero-order valence-electron chi connectivity index (χ0n) is 11.3. The van der Waals surface area contributed by atoms with E-state index in [0.29, 0.717) is 0 Å². The summed E-state index contributed by atoms with van der Waals surface area (Å²) in [5.41, 5.74) is 2.15. The highest BCUT2D eigenvalue weighted by Crippen LogP contribution is 2.39. The second kappa shape index (κ2) is 4.63. The number of carboxylic acids is 1. The van der Waals surface area contributed by atoms with Crippen LogP contribution in [0.3, 0.4) is 0 Å². The monoisotopic (exact) mass is 247 g/mol. The van der Waals surface area contributed by atoms with Gasteiger partial charge in [-0.15, -0.1) is 0 Å². The lowest BCUT2D eigenvalue weighted by atomic mass is 9.88. The van der Waals surface area contributed by atoms with Crippen LogP contribution < -0.4 is 4.90 Å². The summed E-state index contributed by atoms with van der Waals surface area (Å²) in [5.74, 6) is -0.973. The Hall–Kier alpha value is -1.51. The van der Waals surface area contributed by atoms with E-state index in [1.807, 2.05) is 26.0 Å². The molecular formula is C15H21NO2. The molecule has 1 aliphatic heterocycles. The molecule has 1 aliphatic rings. The van der Waals surface area contributed by atoms with E-state index in [1.165, 1.54) is 11.3 Å². The molecule has 0 radical (unpaired) electrons. The molecule has 1 N–H and O–H groups in total. The zero-order chi connectivity index (χ0) is 13.3. The molecule has 0 aliphatic carbocycles. The average Bonchev–Trinajstić information content (AvgIpc) is 2.64. The van der Waals surface area contributed by atoms with Gasteiger partial charge >= 0.3 is 5.97 Å². The molecule has 1 fully saturated rings. The Morgan fingerprint density at radius 3 is 2.67 bits per heavy atom. The molecule has 0 bridgehead atoms. The van der Waals surface area contributed by atoms with Crippen molar-refractivity contribution in [2.24, 2.45) is 5.92 Å². The topological polar surface area (TPSA) is 40.5 Å². The third-order valence-corrected chi connectivity index (χ3v) is 4.15. The number of aryl methyl sites for hydroxylation is 1. The smallest absolute Gasteiger partial charge is 0.308 e. The Morgan fingerprint density at radius 2 is 2.11 bits per heavy atom. The lowest BCUT2D eigenvalue weighted by molar-refractivity contribution is -0.142. The van der Waals surface area contributed by atoms with E-state index in [1.54, 1.807) is 0 Å². The summed E-state index contributed by atoms with van der Waals surface area (Å²) in [4.78, 5) is 13.6. The van der Waals surface area contributed by atoms with Crippen LogP contribution in [0.2, 0.25) is 0 Å². The molecular weight excluding hydrogens is 226 g/mol. The highest BCUT2D eigenvalue weighted by molar-refractivity contribution is 5.74. The van der Waals surface area contributed by atoms with Crippen molar-refractivity contribution in [2.45, 2.75) is 39.2 Å². The minimum absolute atomic E-state index is 0.289. The van der Waals surface area contributed by atoms with Crippen molar-refractivity contribution in [3.8, 4) is 0 Å². The molecule has 18 heavy (non-hydrogen) atoms. The van der Waals surface area contributed by atoms with Gasteiger partial charge in [-0.3, -0.25) is 4.79 Å². The van der Waals surface area contributed by atoms with E-state index < -0.39 is 5.97 Å². The fourth-order valence-corrected chi connectivity index (χ4v) is 3.02. The van der Waals surface area contributed by atoms with Crippen molar-refractivity contribution in [3.05, 3.63) is 29.8 Å². The lowest BCUT2D eigenvalue weighted by Crippen LogP contribution is -2.45. The van der Waals surface area contributed by atoms with Crippen LogP contribution in [0.1, 0.15) is 32.8 Å². The largest absolute Gasteiger partial charge is 0.481 e. The van der Waals surface area contributed by atoms with E-state index in [-0.39, 0.29) is 11.5 Å². The Labute approximate surface area is 108 Å². The maximum absolute atomic E-state index is 11.3. The van der Waals surface area contributed by atoms with Gasteiger partial charge in [0.05, 0.1) is 5.92 Å². The molecule has 0 saturated carbocycles. The standard InChI is InChI=1S/C15H21NO2/c1-4-11-7-5-6-8-13(11)16-10-9-12(14(17)18)15(16,2)3/h5-8,12H,4,9-10H2,1-3H3,(H,17,18).